The minimum atomic E-state index is -2.67. The second-order valence-electron chi connectivity index (χ2n) is 12.1. The molecule has 4 aliphatic rings. The van der Waals surface area contributed by atoms with Crippen molar-refractivity contribution in [1.29, 1.82) is 0 Å². The largest absolute Gasteiger partial charge is 0.508 e. The number of anilines is 1. The molecule has 2 N–H and O–H groups in total. The Labute approximate surface area is 272 Å². The summed E-state index contributed by atoms with van der Waals surface area (Å²) < 4.78 is 72.7. The molecule has 6 rings (SSSR count). The first-order chi connectivity index (χ1) is 22.0. The van der Waals surface area contributed by atoms with Gasteiger partial charge in [0.15, 0.2) is 33.0 Å². The number of carbonyl (C=O) groups excluding carboxylic acids is 4. The van der Waals surface area contributed by atoms with Crippen LogP contribution in [-0.4, -0.2) is 61.0 Å². The van der Waals surface area contributed by atoms with E-state index in [0.29, 0.717) is 0 Å². The van der Waals surface area contributed by atoms with Crippen LogP contribution in [0, 0.1) is 53.8 Å². The van der Waals surface area contributed by atoms with E-state index in [-0.39, 0.29) is 53.2 Å². The van der Waals surface area contributed by atoms with Crippen LogP contribution in [0.3, 0.4) is 0 Å². The molecule has 47 heavy (non-hydrogen) atoms. The van der Waals surface area contributed by atoms with E-state index in [2.05, 4.69) is 0 Å². The van der Waals surface area contributed by atoms with Gasteiger partial charge in [-0.1, -0.05) is 23.8 Å². The molecule has 4 amide bonds. The van der Waals surface area contributed by atoms with Crippen LogP contribution < -0.4 is 4.90 Å². The van der Waals surface area contributed by atoms with Gasteiger partial charge in [-0.15, -0.1) is 23.2 Å². The molecule has 0 bridgehead atoms. The molecule has 2 aromatic carbocycles. The van der Waals surface area contributed by atoms with E-state index >= 15 is 8.78 Å². The van der Waals surface area contributed by atoms with E-state index in [1.165, 1.54) is 25.1 Å². The molecule has 0 spiro atoms. The van der Waals surface area contributed by atoms with Gasteiger partial charge < -0.3 is 10.2 Å². The van der Waals surface area contributed by atoms with Crippen LogP contribution >= 0.6 is 23.2 Å². The Bertz CT molecular complexity index is 1830. The minimum Gasteiger partial charge on any atom is -0.508 e. The normalized spacial score (nSPS) is 30.0. The fourth-order valence-corrected chi connectivity index (χ4v) is 8.41. The Morgan fingerprint density at radius 3 is 2.15 bits per heavy atom. The van der Waals surface area contributed by atoms with E-state index in [4.69, 9.17) is 28.3 Å². The number of allylic oxidation sites excluding steroid dienone is 2. The number of rotatable bonds is 6. The van der Waals surface area contributed by atoms with E-state index in [0.717, 1.165) is 4.90 Å². The summed E-state index contributed by atoms with van der Waals surface area (Å²) in [6, 6.07) is 3.98. The number of alkyl halides is 2. The number of aliphatic carboxylic acids is 1. The number of carbonyl (C=O) groups is 5. The second kappa shape index (κ2) is 11.0. The van der Waals surface area contributed by atoms with Crippen LogP contribution in [-0.2, 0) is 24.0 Å². The monoisotopic (exact) mass is 700 g/mol. The zero-order valence-corrected chi connectivity index (χ0v) is 25.6. The Balaban J connectivity index is 1.53. The Morgan fingerprint density at radius 1 is 0.936 bits per heavy atom. The highest BCUT2D eigenvalue weighted by Gasteiger charge is 2.77. The third-order valence-electron chi connectivity index (χ3n) is 9.64. The number of hydrogen-bond acceptors (Lipinski definition) is 6. The van der Waals surface area contributed by atoms with E-state index in [9.17, 15) is 42.3 Å². The van der Waals surface area contributed by atoms with Gasteiger partial charge in [-0.2, -0.15) is 0 Å². The molecule has 6 atom stereocenters. The predicted octanol–water partition coefficient (Wildman–Crippen LogP) is 4.82. The standard InChI is InChI=1S/C31H23Cl2F5N2O7/c1-11-9-12(4-7-16(11)41)19-13-5-6-14-18(27(45)39(26(14)44)8-2-3-17(42)43)15(13)10-30(32)28(46)40(29(47)31(19,30)33)25-23(37)21(35)20(34)22(36)24(25)38/h4-5,7,9,14-15,18-19,41H,2-3,6,8,10H2,1H3,(H,42,43). The molecule has 1 saturated carbocycles. The molecular weight excluding hydrogens is 678 g/mol. The van der Waals surface area contributed by atoms with Crippen LogP contribution in [0.4, 0.5) is 27.6 Å². The Hall–Kier alpha value is -4.04. The van der Waals surface area contributed by atoms with Crippen molar-refractivity contribution in [3.05, 3.63) is 70.1 Å². The molecule has 9 nitrogen and oxygen atoms in total. The van der Waals surface area contributed by atoms with Gasteiger partial charge in [-0.05, 0) is 49.3 Å². The quantitative estimate of drug-likeness (QED) is 0.110. The smallest absolute Gasteiger partial charge is 0.303 e. The van der Waals surface area contributed by atoms with Crippen molar-refractivity contribution in [3.8, 4) is 5.75 Å². The number of aryl methyl sites for hydroxylation is 1. The number of likely N-dealkylation sites (tertiary alicyclic amines) is 1. The first-order valence-electron chi connectivity index (χ1n) is 14.3. The molecule has 2 saturated heterocycles. The number of phenols is 1. The lowest BCUT2D eigenvalue weighted by Crippen LogP contribution is -2.60. The molecule has 2 heterocycles. The van der Waals surface area contributed by atoms with Gasteiger partial charge in [-0.25, -0.2) is 26.9 Å². The first-order valence-corrected chi connectivity index (χ1v) is 15.1. The van der Waals surface area contributed by atoms with Crippen LogP contribution in [0.1, 0.15) is 42.7 Å². The number of carboxylic acid groups (broad SMARTS) is 1. The highest BCUT2D eigenvalue weighted by Crippen LogP contribution is 2.66. The molecule has 248 valence electrons. The van der Waals surface area contributed by atoms with Gasteiger partial charge in [0.1, 0.15) is 11.4 Å². The van der Waals surface area contributed by atoms with Crippen molar-refractivity contribution in [2.45, 2.75) is 48.3 Å². The lowest BCUT2D eigenvalue weighted by Gasteiger charge is -2.50. The van der Waals surface area contributed by atoms with E-state index in [1.54, 1.807) is 6.08 Å². The van der Waals surface area contributed by atoms with Gasteiger partial charge in [0, 0.05) is 18.9 Å². The summed E-state index contributed by atoms with van der Waals surface area (Å²) in [7, 11) is 0. The summed E-state index contributed by atoms with van der Waals surface area (Å²) in [5, 5.41) is 19.2. The summed E-state index contributed by atoms with van der Waals surface area (Å²) >= 11 is 14.1. The highest BCUT2D eigenvalue weighted by atomic mass is 35.5. The van der Waals surface area contributed by atoms with Gasteiger partial charge in [0.05, 0.1) is 11.8 Å². The molecule has 16 heteroatoms. The van der Waals surface area contributed by atoms with Crippen molar-refractivity contribution in [3.63, 3.8) is 0 Å². The zero-order valence-electron chi connectivity index (χ0n) is 24.1. The van der Waals surface area contributed by atoms with Gasteiger partial charge in [-0.3, -0.25) is 28.9 Å². The fraction of sp³-hybridized carbons (Fsp3) is 0.387. The van der Waals surface area contributed by atoms with Gasteiger partial charge in [0.25, 0.3) is 11.8 Å². The van der Waals surface area contributed by atoms with Crippen LogP contribution in [0.25, 0.3) is 0 Å². The maximum atomic E-state index is 15.1. The second-order valence-corrected chi connectivity index (χ2v) is 13.3. The molecule has 2 aromatic rings. The topological polar surface area (TPSA) is 132 Å². The number of benzene rings is 2. The van der Waals surface area contributed by atoms with Gasteiger partial charge >= 0.3 is 5.97 Å². The lowest BCUT2D eigenvalue weighted by atomic mass is 9.56. The number of aromatic hydroxyl groups is 1. The van der Waals surface area contributed by atoms with E-state index in [1.807, 2.05) is 0 Å². The zero-order chi connectivity index (χ0) is 34.5. The van der Waals surface area contributed by atoms with Gasteiger partial charge in [0.2, 0.25) is 17.6 Å². The number of imide groups is 2. The average Bonchev–Trinajstić information content (AvgIpc) is 3.34. The number of hydrogen-bond donors (Lipinski definition) is 2. The van der Waals surface area contributed by atoms with Crippen LogP contribution in [0.2, 0.25) is 0 Å². The number of nitrogens with zero attached hydrogens (tertiary/aromatic N) is 2. The summed E-state index contributed by atoms with van der Waals surface area (Å²) in [6.45, 7) is 1.28. The van der Waals surface area contributed by atoms with Crippen molar-refractivity contribution in [1.82, 2.24) is 4.90 Å². The summed E-state index contributed by atoms with van der Waals surface area (Å²) in [6.07, 6.45) is 0.475. The van der Waals surface area contributed by atoms with E-state index < -0.39 is 104 Å². The van der Waals surface area contributed by atoms with Crippen molar-refractivity contribution in [2.24, 2.45) is 17.8 Å². The molecule has 3 fully saturated rings. The number of amides is 4. The molecule has 6 unspecified atom stereocenters. The average molecular weight is 701 g/mol. The number of fused-ring (bicyclic) bond motifs is 4. The predicted molar refractivity (Wildman–Crippen MR) is 153 cm³/mol. The molecule has 0 radical (unpaired) electrons. The molecule has 0 aromatic heterocycles. The van der Waals surface area contributed by atoms with Crippen LogP contribution in [0.5, 0.6) is 5.75 Å². The van der Waals surface area contributed by atoms with Crippen LogP contribution in [0.15, 0.2) is 29.8 Å². The fourth-order valence-electron chi connectivity index (χ4n) is 7.47. The highest BCUT2D eigenvalue weighted by molar-refractivity contribution is 6.58. The number of halogens is 7. The first kappa shape index (κ1) is 32.9. The molecular formula is C31H23Cl2F5N2O7. The molecule has 2 aliphatic heterocycles. The van der Waals surface area contributed by atoms with Crippen molar-refractivity contribution < 1.29 is 56.1 Å². The summed E-state index contributed by atoms with van der Waals surface area (Å²) in [5.74, 6) is -22.9. The van der Waals surface area contributed by atoms with Crippen molar-refractivity contribution in [2.75, 3.05) is 11.4 Å². The Morgan fingerprint density at radius 2 is 1.55 bits per heavy atom. The Kier molecular flexibility index (Phi) is 7.70. The summed E-state index contributed by atoms with van der Waals surface area (Å²) in [5.41, 5.74) is -1.19. The third-order valence-corrected chi connectivity index (χ3v) is 11.1. The maximum absolute atomic E-state index is 15.1. The summed E-state index contributed by atoms with van der Waals surface area (Å²) in [4.78, 5) is 61.8. The lowest BCUT2D eigenvalue weighted by molar-refractivity contribution is -0.142. The minimum absolute atomic E-state index is 0.0410. The number of carboxylic acids is 1. The third kappa shape index (κ3) is 4.36. The van der Waals surface area contributed by atoms with Crippen molar-refractivity contribution >= 4 is 58.5 Å². The SMILES string of the molecule is Cc1cc(C2C3=CCC4C(=O)N(CCCC(=O)O)C(=O)C4C3CC3(Cl)C(=O)N(c4c(F)c(F)c(F)c(F)c4F)C(=O)C23Cl)ccc1O. The maximum Gasteiger partial charge on any atom is 0.303 e. The molecule has 2 aliphatic carbocycles. The number of phenolic OH excluding ortho intramolecular Hbond substituents is 1.